The van der Waals surface area contributed by atoms with Gasteiger partial charge in [0.1, 0.15) is 0 Å². The maximum absolute atomic E-state index is 5.86. The lowest BCUT2D eigenvalue weighted by molar-refractivity contribution is 0.681. The van der Waals surface area contributed by atoms with Gasteiger partial charge in [-0.05, 0) is 17.5 Å². The first-order chi connectivity index (χ1) is 8.83. The molecule has 0 saturated carbocycles. The van der Waals surface area contributed by atoms with E-state index in [1.807, 2.05) is 42.5 Å². The number of hydrogen-bond donors (Lipinski definition) is 0. The van der Waals surface area contributed by atoms with Crippen LogP contribution in [0.2, 0.25) is 0 Å². The van der Waals surface area contributed by atoms with Gasteiger partial charge in [0.05, 0.1) is 5.41 Å². The molecule has 88 valence electrons. The van der Waals surface area contributed by atoms with E-state index in [9.17, 15) is 0 Å². The minimum Gasteiger partial charge on any atom is -0.119 e. The van der Waals surface area contributed by atoms with E-state index in [4.69, 9.17) is 6.42 Å². The topological polar surface area (TPSA) is 0 Å². The molecule has 0 atom stereocenters. The molecule has 0 nitrogen and oxygen atoms in total. The zero-order chi connectivity index (χ0) is 12.8. The van der Waals surface area contributed by atoms with Crippen LogP contribution in [0, 0.1) is 12.3 Å². The van der Waals surface area contributed by atoms with Gasteiger partial charge in [-0.1, -0.05) is 72.7 Å². The third kappa shape index (κ3) is 2.08. The van der Waals surface area contributed by atoms with Crippen molar-refractivity contribution in [1.29, 1.82) is 0 Å². The number of rotatable bonds is 4. The first-order valence-electron chi connectivity index (χ1n) is 6.03. The second kappa shape index (κ2) is 5.38. The summed E-state index contributed by atoms with van der Waals surface area (Å²) in [5.74, 6) is 2.98. The van der Waals surface area contributed by atoms with Gasteiger partial charge in [-0.2, -0.15) is 0 Å². The Morgan fingerprint density at radius 3 is 1.72 bits per heavy atom. The summed E-state index contributed by atoms with van der Waals surface area (Å²) in [6.45, 7) is 3.85. The molecule has 0 N–H and O–H groups in total. The predicted octanol–water partition coefficient (Wildman–Crippen LogP) is 4.18. The quantitative estimate of drug-likeness (QED) is 0.548. The second-order valence-electron chi connectivity index (χ2n) is 4.27. The van der Waals surface area contributed by atoms with Gasteiger partial charge in [0.25, 0.3) is 0 Å². The maximum atomic E-state index is 5.86. The van der Waals surface area contributed by atoms with Crippen LogP contribution in [0.4, 0.5) is 0 Å². The van der Waals surface area contributed by atoms with E-state index in [1.54, 1.807) is 0 Å². The average molecular weight is 232 g/mol. The van der Waals surface area contributed by atoms with Crippen LogP contribution in [-0.4, -0.2) is 0 Å². The highest BCUT2D eigenvalue weighted by Gasteiger charge is 2.30. The van der Waals surface area contributed by atoms with Gasteiger partial charge in [0, 0.05) is 0 Å². The summed E-state index contributed by atoms with van der Waals surface area (Å²) >= 11 is 0. The summed E-state index contributed by atoms with van der Waals surface area (Å²) in [4.78, 5) is 0. The fourth-order valence-electron chi connectivity index (χ4n) is 2.29. The standard InChI is InChI=1S/C18H16/c1-3-15-18(4-2,16-11-7-5-8-12-16)17-13-9-6-10-14-17/h2-3,5-14H,1,15H2. The normalized spacial score (nSPS) is 10.6. The molecule has 0 bridgehead atoms. The lowest BCUT2D eigenvalue weighted by atomic mass is 9.73. The zero-order valence-corrected chi connectivity index (χ0v) is 10.3. The molecule has 18 heavy (non-hydrogen) atoms. The molecule has 2 rings (SSSR count). The Balaban J connectivity index is 2.62. The Morgan fingerprint density at radius 2 is 1.39 bits per heavy atom. The highest BCUT2D eigenvalue weighted by Crippen LogP contribution is 2.35. The minimum atomic E-state index is -0.412. The molecule has 0 heteroatoms. The fourth-order valence-corrected chi connectivity index (χ4v) is 2.29. The van der Waals surface area contributed by atoms with E-state index in [2.05, 4.69) is 36.8 Å². The van der Waals surface area contributed by atoms with Crippen molar-refractivity contribution in [2.75, 3.05) is 0 Å². The van der Waals surface area contributed by atoms with Crippen molar-refractivity contribution in [2.24, 2.45) is 0 Å². The largest absolute Gasteiger partial charge is 0.119 e. The molecule has 0 amide bonds. The van der Waals surface area contributed by atoms with Crippen molar-refractivity contribution in [3.8, 4) is 12.3 Å². The molecule has 0 aliphatic heterocycles. The number of terminal acetylenes is 1. The van der Waals surface area contributed by atoms with Crippen molar-refractivity contribution in [3.63, 3.8) is 0 Å². The van der Waals surface area contributed by atoms with E-state index in [0.29, 0.717) is 0 Å². The molecule has 2 aromatic carbocycles. The Kier molecular flexibility index (Phi) is 3.65. The first kappa shape index (κ1) is 12.2. The van der Waals surface area contributed by atoms with Gasteiger partial charge >= 0.3 is 0 Å². The molecule has 0 saturated heterocycles. The Labute approximate surface area is 109 Å². The molecule has 0 fully saturated rings. The Morgan fingerprint density at radius 1 is 0.944 bits per heavy atom. The van der Waals surface area contributed by atoms with Crippen LogP contribution in [0.3, 0.4) is 0 Å². The maximum Gasteiger partial charge on any atom is 0.0843 e. The van der Waals surface area contributed by atoms with E-state index in [1.165, 1.54) is 0 Å². The fraction of sp³-hybridized carbons (Fsp3) is 0.111. The summed E-state index contributed by atoms with van der Waals surface area (Å²) in [6, 6.07) is 20.4. The molecule has 0 unspecified atom stereocenters. The van der Waals surface area contributed by atoms with E-state index >= 15 is 0 Å². The van der Waals surface area contributed by atoms with Crippen LogP contribution in [-0.2, 0) is 5.41 Å². The summed E-state index contributed by atoms with van der Waals surface area (Å²) < 4.78 is 0. The van der Waals surface area contributed by atoms with Crippen LogP contribution < -0.4 is 0 Å². The lowest BCUT2D eigenvalue weighted by Gasteiger charge is -2.28. The summed E-state index contributed by atoms with van der Waals surface area (Å²) in [5.41, 5.74) is 1.86. The van der Waals surface area contributed by atoms with Crippen molar-refractivity contribution < 1.29 is 0 Å². The first-order valence-corrected chi connectivity index (χ1v) is 6.03. The van der Waals surface area contributed by atoms with Gasteiger partial charge in [0.2, 0.25) is 0 Å². The van der Waals surface area contributed by atoms with Crippen LogP contribution in [0.15, 0.2) is 73.3 Å². The lowest BCUT2D eigenvalue weighted by Crippen LogP contribution is -2.24. The third-order valence-electron chi connectivity index (χ3n) is 3.23. The van der Waals surface area contributed by atoms with Crippen molar-refractivity contribution in [1.82, 2.24) is 0 Å². The Hall–Kier alpha value is -2.26. The van der Waals surface area contributed by atoms with Gasteiger partial charge in [-0.25, -0.2) is 0 Å². The highest BCUT2D eigenvalue weighted by molar-refractivity contribution is 5.47. The molecule has 2 aromatic rings. The molecule has 0 spiro atoms. The SMILES string of the molecule is C#CC(CC=C)(c1ccccc1)c1ccccc1. The summed E-state index contributed by atoms with van der Waals surface area (Å²) in [5, 5.41) is 0. The van der Waals surface area contributed by atoms with Crippen LogP contribution in [0.25, 0.3) is 0 Å². The highest BCUT2D eigenvalue weighted by atomic mass is 14.3. The number of hydrogen-bond acceptors (Lipinski definition) is 0. The van der Waals surface area contributed by atoms with Gasteiger partial charge in [-0.3, -0.25) is 0 Å². The van der Waals surface area contributed by atoms with E-state index in [0.717, 1.165) is 17.5 Å². The molecule has 0 heterocycles. The summed E-state index contributed by atoms with van der Waals surface area (Å²) in [6.07, 6.45) is 8.48. The van der Waals surface area contributed by atoms with E-state index in [-0.39, 0.29) is 0 Å². The van der Waals surface area contributed by atoms with E-state index < -0.39 is 5.41 Å². The molecule has 0 aliphatic carbocycles. The third-order valence-corrected chi connectivity index (χ3v) is 3.23. The Bertz CT molecular complexity index is 504. The van der Waals surface area contributed by atoms with Crippen molar-refractivity contribution >= 4 is 0 Å². The number of allylic oxidation sites excluding steroid dienone is 1. The molecular formula is C18H16. The van der Waals surface area contributed by atoms with Gasteiger partial charge in [-0.15, -0.1) is 13.0 Å². The molecule has 0 radical (unpaired) electrons. The second-order valence-corrected chi connectivity index (χ2v) is 4.27. The van der Waals surface area contributed by atoms with Crippen LogP contribution >= 0.6 is 0 Å². The molecule has 0 aliphatic rings. The minimum absolute atomic E-state index is 0.412. The average Bonchev–Trinajstić information content (AvgIpc) is 2.47. The monoisotopic (exact) mass is 232 g/mol. The van der Waals surface area contributed by atoms with Crippen LogP contribution in [0.1, 0.15) is 17.5 Å². The van der Waals surface area contributed by atoms with Gasteiger partial charge < -0.3 is 0 Å². The molecular weight excluding hydrogens is 216 g/mol. The van der Waals surface area contributed by atoms with Crippen molar-refractivity contribution in [2.45, 2.75) is 11.8 Å². The molecule has 0 aromatic heterocycles. The number of benzene rings is 2. The van der Waals surface area contributed by atoms with Crippen LogP contribution in [0.5, 0.6) is 0 Å². The zero-order valence-electron chi connectivity index (χ0n) is 10.3. The smallest absolute Gasteiger partial charge is 0.0843 e. The van der Waals surface area contributed by atoms with Crippen molar-refractivity contribution in [3.05, 3.63) is 84.4 Å². The predicted molar refractivity (Wildman–Crippen MR) is 77.3 cm³/mol. The summed E-state index contributed by atoms with van der Waals surface area (Å²) in [7, 11) is 0. The van der Waals surface area contributed by atoms with Gasteiger partial charge in [0.15, 0.2) is 0 Å².